The fraction of sp³-hybridized carbons (Fsp3) is 0.750. The number of ether oxygens (including phenoxy) is 1. The number of aliphatic hydroxyl groups is 3. The minimum Gasteiger partial charge on any atom is -0.394 e. The lowest BCUT2D eigenvalue weighted by atomic mass is 10.1. The van der Waals surface area contributed by atoms with Crippen molar-refractivity contribution < 1.29 is 28.8 Å². The van der Waals surface area contributed by atoms with Crippen molar-refractivity contribution >= 4 is 0 Å². The molecule has 0 amide bonds. The van der Waals surface area contributed by atoms with Gasteiger partial charge in [0.1, 0.15) is 24.6 Å². The normalized spacial score (nSPS) is 33.5. The minimum atomic E-state index is -2.83. The van der Waals surface area contributed by atoms with Gasteiger partial charge >= 0.3 is 0 Å². The van der Waals surface area contributed by atoms with Crippen molar-refractivity contribution in [3.8, 4) is 0 Å². The Morgan fingerprint density at radius 1 is 1.41 bits per heavy atom. The van der Waals surface area contributed by atoms with Gasteiger partial charge in [0.05, 0.1) is 6.61 Å². The first kappa shape index (κ1) is 12.3. The van der Waals surface area contributed by atoms with Gasteiger partial charge in [0.25, 0.3) is 6.43 Å². The van der Waals surface area contributed by atoms with Gasteiger partial charge in [-0.25, -0.2) is 18.4 Å². The molecule has 0 spiro atoms. The van der Waals surface area contributed by atoms with Crippen LogP contribution in [0.5, 0.6) is 0 Å². The molecule has 0 radical (unpaired) electrons. The zero-order valence-electron chi connectivity index (χ0n) is 8.52. The molecule has 1 fully saturated rings. The van der Waals surface area contributed by atoms with E-state index in [1.807, 2.05) is 0 Å². The molecular formula is C8H11F2N3O4. The number of hydrogen-bond acceptors (Lipinski definition) is 6. The van der Waals surface area contributed by atoms with Gasteiger partial charge in [-0.15, -0.1) is 5.10 Å². The summed E-state index contributed by atoms with van der Waals surface area (Å²) in [6.45, 7) is -0.495. The molecule has 0 bridgehead atoms. The second-order valence-electron chi connectivity index (χ2n) is 3.61. The van der Waals surface area contributed by atoms with Crippen LogP contribution in [0.15, 0.2) is 6.33 Å². The third kappa shape index (κ3) is 2.14. The Balaban J connectivity index is 2.17. The molecule has 9 heteroatoms. The van der Waals surface area contributed by atoms with Crippen LogP contribution in [0.3, 0.4) is 0 Å². The second-order valence-corrected chi connectivity index (χ2v) is 3.61. The monoisotopic (exact) mass is 251 g/mol. The zero-order valence-corrected chi connectivity index (χ0v) is 8.52. The average Bonchev–Trinajstić information content (AvgIpc) is 2.87. The van der Waals surface area contributed by atoms with E-state index in [0.717, 1.165) is 11.0 Å². The quantitative estimate of drug-likeness (QED) is 0.625. The first-order valence-corrected chi connectivity index (χ1v) is 4.86. The van der Waals surface area contributed by atoms with Crippen LogP contribution < -0.4 is 0 Å². The molecule has 0 aromatic carbocycles. The fourth-order valence-electron chi connectivity index (χ4n) is 1.61. The fourth-order valence-corrected chi connectivity index (χ4v) is 1.61. The zero-order chi connectivity index (χ0) is 12.6. The van der Waals surface area contributed by atoms with E-state index in [2.05, 4.69) is 10.1 Å². The summed E-state index contributed by atoms with van der Waals surface area (Å²) in [5.41, 5.74) is 0. The van der Waals surface area contributed by atoms with Crippen molar-refractivity contribution in [2.45, 2.75) is 31.0 Å². The third-order valence-corrected chi connectivity index (χ3v) is 2.50. The third-order valence-electron chi connectivity index (χ3n) is 2.50. The maximum atomic E-state index is 12.3. The molecule has 1 aliphatic heterocycles. The highest BCUT2D eigenvalue weighted by Crippen LogP contribution is 2.28. The van der Waals surface area contributed by atoms with E-state index in [1.165, 1.54) is 0 Å². The summed E-state index contributed by atoms with van der Waals surface area (Å²) < 4.78 is 30.5. The molecule has 1 saturated heterocycles. The van der Waals surface area contributed by atoms with Gasteiger partial charge in [0.15, 0.2) is 6.23 Å². The highest BCUT2D eigenvalue weighted by atomic mass is 19.3. The van der Waals surface area contributed by atoms with Gasteiger partial charge in [-0.05, 0) is 0 Å². The Hall–Kier alpha value is -1.16. The van der Waals surface area contributed by atoms with Crippen molar-refractivity contribution in [2.24, 2.45) is 0 Å². The van der Waals surface area contributed by atoms with Gasteiger partial charge < -0.3 is 20.1 Å². The van der Waals surface area contributed by atoms with Crippen LogP contribution in [0, 0.1) is 0 Å². The van der Waals surface area contributed by atoms with Gasteiger partial charge in [-0.3, -0.25) is 0 Å². The molecule has 2 rings (SSSR count). The van der Waals surface area contributed by atoms with E-state index < -0.39 is 43.4 Å². The number of halogens is 2. The lowest BCUT2D eigenvalue weighted by Gasteiger charge is -2.13. The van der Waals surface area contributed by atoms with Crippen molar-refractivity contribution in [3.05, 3.63) is 12.2 Å². The Labute approximate surface area is 94.3 Å². The number of aromatic nitrogens is 3. The van der Waals surface area contributed by atoms with Gasteiger partial charge in [0, 0.05) is 0 Å². The molecule has 17 heavy (non-hydrogen) atoms. The summed E-state index contributed by atoms with van der Waals surface area (Å²) in [5.74, 6) is -0.692. The standard InChI is InChI=1S/C8H11F2N3O4/c9-6(10)7-11-2-13(12-7)8-5(16)4(15)3(1-14)17-8/h2-6,8,14-16H,1H2/t3-,4?,5?,8-/m1/s1. The van der Waals surface area contributed by atoms with Crippen LogP contribution in [0.25, 0.3) is 0 Å². The summed E-state index contributed by atoms with van der Waals surface area (Å²) in [4.78, 5) is 3.34. The highest BCUT2D eigenvalue weighted by molar-refractivity contribution is 4.91. The molecule has 1 aromatic rings. The van der Waals surface area contributed by atoms with Crippen LogP contribution in [0.1, 0.15) is 18.5 Å². The average molecular weight is 251 g/mol. The first-order chi connectivity index (χ1) is 8.04. The Morgan fingerprint density at radius 3 is 2.59 bits per heavy atom. The Kier molecular flexibility index (Phi) is 3.33. The molecule has 2 heterocycles. The number of alkyl halides is 2. The predicted molar refractivity (Wildman–Crippen MR) is 48.0 cm³/mol. The molecule has 2 unspecified atom stereocenters. The van der Waals surface area contributed by atoms with Crippen molar-refractivity contribution in [3.63, 3.8) is 0 Å². The molecule has 1 aliphatic rings. The summed E-state index contributed by atoms with van der Waals surface area (Å²) in [6, 6.07) is 0. The lowest BCUT2D eigenvalue weighted by molar-refractivity contribution is -0.0592. The largest absolute Gasteiger partial charge is 0.394 e. The van der Waals surface area contributed by atoms with Gasteiger partial charge in [-0.2, -0.15) is 0 Å². The van der Waals surface area contributed by atoms with Crippen molar-refractivity contribution in [1.82, 2.24) is 14.8 Å². The maximum Gasteiger partial charge on any atom is 0.299 e. The van der Waals surface area contributed by atoms with Crippen molar-refractivity contribution in [2.75, 3.05) is 6.61 Å². The van der Waals surface area contributed by atoms with E-state index in [-0.39, 0.29) is 0 Å². The Bertz CT molecular complexity index is 389. The molecule has 96 valence electrons. The summed E-state index contributed by atoms with van der Waals surface area (Å²) in [6.07, 6.45) is -6.63. The minimum absolute atomic E-state index is 0.495. The van der Waals surface area contributed by atoms with E-state index in [4.69, 9.17) is 9.84 Å². The van der Waals surface area contributed by atoms with Crippen LogP contribution in [0.4, 0.5) is 8.78 Å². The smallest absolute Gasteiger partial charge is 0.299 e. The lowest BCUT2D eigenvalue weighted by Crippen LogP contribution is -2.33. The number of aliphatic hydroxyl groups excluding tert-OH is 3. The van der Waals surface area contributed by atoms with Gasteiger partial charge in [0.2, 0.25) is 5.82 Å². The molecule has 0 saturated carbocycles. The maximum absolute atomic E-state index is 12.3. The Morgan fingerprint density at radius 2 is 2.12 bits per heavy atom. The molecular weight excluding hydrogens is 240 g/mol. The second kappa shape index (κ2) is 4.61. The molecule has 7 nitrogen and oxygen atoms in total. The van der Waals surface area contributed by atoms with Crippen LogP contribution in [-0.4, -0.2) is 55.0 Å². The van der Waals surface area contributed by atoms with Gasteiger partial charge in [-0.1, -0.05) is 0 Å². The number of rotatable bonds is 3. The van der Waals surface area contributed by atoms with E-state index in [1.54, 1.807) is 0 Å². The van der Waals surface area contributed by atoms with Crippen LogP contribution in [0.2, 0.25) is 0 Å². The van der Waals surface area contributed by atoms with Crippen LogP contribution in [-0.2, 0) is 4.74 Å². The number of nitrogens with zero attached hydrogens (tertiary/aromatic N) is 3. The summed E-state index contributed by atoms with van der Waals surface area (Å²) >= 11 is 0. The van der Waals surface area contributed by atoms with Crippen molar-refractivity contribution in [1.29, 1.82) is 0 Å². The summed E-state index contributed by atoms with van der Waals surface area (Å²) in [5, 5.41) is 31.3. The molecule has 1 aromatic heterocycles. The molecule has 0 aliphatic carbocycles. The first-order valence-electron chi connectivity index (χ1n) is 4.86. The van der Waals surface area contributed by atoms with E-state index >= 15 is 0 Å². The van der Waals surface area contributed by atoms with E-state index in [0.29, 0.717) is 0 Å². The molecule has 3 N–H and O–H groups in total. The summed E-state index contributed by atoms with van der Waals surface area (Å²) in [7, 11) is 0. The predicted octanol–water partition coefficient (Wildman–Crippen LogP) is -1.17. The van der Waals surface area contributed by atoms with Crippen LogP contribution >= 0.6 is 0 Å². The molecule has 4 atom stereocenters. The number of hydrogen-bond donors (Lipinski definition) is 3. The topological polar surface area (TPSA) is 101 Å². The SMILES string of the molecule is OC[C@H]1O[C@@H](n2cnc(C(F)F)n2)C(O)C1O. The highest BCUT2D eigenvalue weighted by Gasteiger charge is 2.44. The van der Waals surface area contributed by atoms with E-state index in [9.17, 15) is 19.0 Å².